The molecule has 3 heteroatoms. The van der Waals surface area contributed by atoms with Gasteiger partial charge >= 0.3 is 8.03 Å². The highest BCUT2D eigenvalue weighted by molar-refractivity contribution is 7.38. The summed E-state index contributed by atoms with van der Waals surface area (Å²) >= 11 is 0. The highest BCUT2D eigenvalue weighted by Crippen LogP contribution is 2.16. The SMILES string of the molecule is CC(C)CCCCO[P+](C)=O. The summed E-state index contributed by atoms with van der Waals surface area (Å²) in [6.45, 7) is 6.67. The molecule has 1 atom stereocenters. The minimum atomic E-state index is -1.38. The van der Waals surface area contributed by atoms with Crippen molar-refractivity contribution >= 4 is 8.03 Å². The zero-order chi connectivity index (χ0) is 8.69. The molecule has 0 aromatic carbocycles. The average molecular weight is 177 g/mol. The summed E-state index contributed by atoms with van der Waals surface area (Å²) in [7, 11) is -1.38. The lowest BCUT2D eigenvalue weighted by Gasteiger charge is -2.00. The van der Waals surface area contributed by atoms with Crippen molar-refractivity contribution in [2.24, 2.45) is 5.92 Å². The van der Waals surface area contributed by atoms with Gasteiger partial charge in [0, 0.05) is 0 Å². The van der Waals surface area contributed by atoms with E-state index in [4.69, 9.17) is 4.52 Å². The quantitative estimate of drug-likeness (QED) is 0.460. The van der Waals surface area contributed by atoms with E-state index in [9.17, 15) is 4.57 Å². The van der Waals surface area contributed by atoms with Gasteiger partial charge in [0.05, 0.1) is 0 Å². The molecular formula is C8H18O2P+. The molecule has 1 unspecified atom stereocenters. The number of unbranched alkanes of at least 4 members (excludes halogenated alkanes) is 1. The topological polar surface area (TPSA) is 26.3 Å². The Labute approximate surface area is 70.2 Å². The molecule has 0 aliphatic heterocycles. The largest absolute Gasteiger partial charge is 0.504 e. The number of hydrogen-bond donors (Lipinski definition) is 0. The summed E-state index contributed by atoms with van der Waals surface area (Å²) in [5.74, 6) is 0.769. The van der Waals surface area contributed by atoms with Crippen LogP contribution in [0.25, 0.3) is 0 Å². The Hall–Kier alpha value is 0.0600. The fourth-order valence-corrected chi connectivity index (χ4v) is 1.23. The second-order valence-electron chi connectivity index (χ2n) is 3.16. The van der Waals surface area contributed by atoms with Crippen molar-refractivity contribution in [3.63, 3.8) is 0 Å². The molecule has 0 N–H and O–H groups in total. The third-order valence-corrected chi connectivity index (χ3v) is 2.00. The first-order valence-electron chi connectivity index (χ1n) is 4.16. The number of hydrogen-bond acceptors (Lipinski definition) is 2. The van der Waals surface area contributed by atoms with Crippen molar-refractivity contribution in [2.75, 3.05) is 13.3 Å². The van der Waals surface area contributed by atoms with Crippen LogP contribution in [0.5, 0.6) is 0 Å². The maximum absolute atomic E-state index is 10.5. The molecule has 0 amide bonds. The molecule has 66 valence electrons. The second-order valence-corrected chi connectivity index (χ2v) is 4.30. The van der Waals surface area contributed by atoms with Crippen LogP contribution in [0.1, 0.15) is 33.1 Å². The highest BCUT2D eigenvalue weighted by Gasteiger charge is 2.04. The zero-order valence-electron chi connectivity index (χ0n) is 7.67. The third-order valence-electron chi connectivity index (χ3n) is 1.45. The predicted molar refractivity (Wildman–Crippen MR) is 48.2 cm³/mol. The zero-order valence-corrected chi connectivity index (χ0v) is 8.56. The lowest BCUT2D eigenvalue weighted by molar-refractivity contribution is 0.315. The van der Waals surface area contributed by atoms with Crippen LogP contribution in [0.4, 0.5) is 0 Å². The van der Waals surface area contributed by atoms with Gasteiger partial charge in [0.1, 0.15) is 6.61 Å². The molecule has 0 saturated heterocycles. The van der Waals surface area contributed by atoms with Crippen LogP contribution in [-0.4, -0.2) is 13.3 Å². The Morgan fingerprint density at radius 3 is 2.45 bits per heavy atom. The van der Waals surface area contributed by atoms with Gasteiger partial charge < -0.3 is 0 Å². The second kappa shape index (κ2) is 6.75. The summed E-state index contributed by atoms with van der Waals surface area (Å²) < 4.78 is 15.4. The molecule has 0 spiro atoms. The molecule has 0 saturated carbocycles. The van der Waals surface area contributed by atoms with E-state index in [2.05, 4.69) is 13.8 Å². The van der Waals surface area contributed by atoms with Gasteiger partial charge in [-0.1, -0.05) is 26.7 Å². The first-order chi connectivity index (χ1) is 5.13. The standard InChI is InChI=1S/C8H18O2P/c1-8(2)6-4-5-7-10-11(3)9/h8H,4-7H2,1-3H3/q+1. The Morgan fingerprint density at radius 1 is 1.36 bits per heavy atom. The fraction of sp³-hybridized carbons (Fsp3) is 1.00. The molecule has 0 heterocycles. The van der Waals surface area contributed by atoms with Gasteiger partial charge in [0.15, 0.2) is 6.66 Å². The Kier molecular flexibility index (Phi) is 6.79. The normalized spacial score (nSPS) is 12.2. The van der Waals surface area contributed by atoms with Crippen LogP contribution in [0.2, 0.25) is 0 Å². The van der Waals surface area contributed by atoms with Gasteiger partial charge in [0.2, 0.25) is 0 Å². The summed E-state index contributed by atoms with van der Waals surface area (Å²) in [5.41, 5.74) is 0. The van der Waals surface area contributed by atoms with Crippen LogP contribution in [0.3, 0.4) is 0 Å². The molecule has 0 aromatic heterocycles. The Morgan fingerprint density at radius 2 is 2.00 bits per heavy atom. The van der Waals surface area contributed by atoms with Crippen molar-refractivity contribution < 1.29 is 9.09 Å². The van der Waals surface area contributed by atoms with Gasteiger partial charge in [0.25, 0.3) is 0 Å². The predicted octanol–water partition coefficient (Wildman–Crippen LogP) is 3.20. The summed E-state index contributed by atoms with van der Waals surface area (Å²) in [4.78, 5) is 0. The molecule has 0 rings (SSSR count). The maximum Gasteiger partial charge on any atom is 0.504 e. The molecule has 0 aliphatic carbocycles. The van der Waals surface area contributed by atoms with E-state index in [1.165, 1.54) is 12.8 Å². The van der Waals surface area contributed by atoms with Gasteiger partial charge in [-0.05, 0) is 16.9 Å². The van der Waals surface area contributed by atoms with Gasteiger partial charge in [-0.3, -0.25) is 0 Å². The van der Waals surface area contributed by atoms with Crippen molar-refractivity contribution in [1.82, 2.24) is 0 Å². The van der Waals surface area contributed by atoms with Crippen molar-refractivity contribution in [2.45, 2.75) is 33.1 Å². The van der Waals surface area contributed by atoms with E-state index in [1.807, 2.05) is 0 Å². The van der Waals surface area contributed by atoms with E-state index in [1.54, 1.807) is 6.66 Å². The van der Waals surface area contributed by atoms with Crippen LogP contribution < -0.4 is 0 Å². The fourth-order valence-electron chi connectivity index (χ4n) is 0.848. The smallest absolute Gasteiger partial charge is 0.147 e. The molecule has 0 fully saturated rings. The third kappa shape index (κ3) is 10.1. The van der Waals surface area contributed by atoms with Gasteiger partial charge in [-0.25, -0.2) is 0 Å². The van der Waals surface area contributed by atoms with Crippen molar-refractivity contribution in [3.05, 3.63) is 0 Å². The molecule has 0 bridgehead atoms. The van der Waals surface area contributed by atoms with Crippen molar-refractivity contribution in [1.29, 1.82) is 0 Å². The molecule has 2 nitrogen and oxygen atoms in total. The first-order valence-corrected chi connectivity index (χ1v) is 5.79. The lowest BCUT2D eigenvalue weighted by atomic mass is 10.1. The van der Waals surface area contributed by atoms with Crippen LogP contribution in [0, 0.1) is 5.92 Å². The average Bonchev–Trinajstić information content (AvgIpc) is 1.85. The summed E-state index contributed by atoms with van der Waals surface area (Å²) in [6.07, 6.45) is 3.46. The lowest BCUT2D eigenvalue weighted by Crippen LogP contribution is -1.90. The van der Waals surface area contributed by atoms with Crippen LogP contribution in [0.15, 0.2) is 0 Å². The minimum absolute atomic E-state index is 0.651. The van der Waals surface area contributed by atoms with E-state index in [-0.39, 0.29) is 0 Å². The first kappa shape index (κ1) is 11.1. The minimum Gasteiger partial charge on any atom is -0.147 e. The van der Waals surface area contributed by atoms with Gasteiger partial charge in [-0.15, -0.1) is 4.52 Å². The molecule has 0 aliphatic rings. The Bertz CT molecular complexity index is 113. The molecular weight excluding hydrogens is 159 g/mol. The summed E-state index contributed by atoms with van der Waals surface area (Å²) in [6, 6.07) is 0. The van der Waals surface area contributed by atoms with E-state index >= 15 is 0 Å². The van der Waals surface area contributed by atoms with Gasteiger partial charge in [-0.2, -0.15) is 0 Å². The molecule has 0 aromatic rings. The van der Waals surface area contributed by atoms with E-state index in [0.717, 1.165) is 12.3 Å². The molecule has 11 heavy (non-hydrogen) atoms. The van der Waals surface area contributed by atoms with Crippen molar-refractivity contribution in [3.8, 4) is 0 Å². The van der Waals surface area contributed by atoms with Crippen LogP contribution >= 0.6 is 8.03 Å². The molecule has 0 radical (unpaired) electrons. The van der Waals surface area contributed by atoms with Crippen LogP contribution in [-0.2, 0) is 9.09 Å². The highest BCUT2D eigenvalue weighted by atomic mass is 31.1. The Balaban J connectivity index is 2.97. The maximum atomic E-state index is 10.5. The number of rotatable bonds is 6. The van der Waals surface area contributed by atoms with E-state index < -0.39 is 8.03 Å². The summed E-state index contributed by atoms with van der Waals surface area (Å²) in [5, 5.41) is 0. The monoisotopic (exact) mass is 177 g/mol. The van der Waals surface area contributed by atoms with E-state index in [0.29, 0.717) is 6.61 Å².